The Morgan fingerprint density at radius 1 is 1.32 bits per heavy atom. The van der Waals surface area contributed by atoms with Crippen LogP contribution in [0.25, 0.3) is 0 Å². The van der Waals surface area contributed by atoms with Crippen LogP contribution in [0.2, 0.25) is 0 Å². The summed E-state index contributed by atoms with van der Waals surface area (Å²) < 4.78 is 5.85. The number of guanidine groups is 1. The maximum Gasteiger partial charge on any atom is 0.191 e. The summed E-state index contributed by atoms with van der Waals surface area (Å²) in [5.41, 5.74) is 0. The highest BCUT2D eigenvalue weighted by Gasteiger charge is 2.40. The van der Waals surface area contributed by atoms with Gasteiger partial charge < -0.3 is 15.4 Å². The normalized spacial score (nSPS) is 30.1. The van der Waals surface area contributed by atoms with Crippen LogP contribution in [0.5, 0.6) is 0 Å². The molecule has 0 radical (unpaired) electrons. The van der Waals surface area contributed by atoms with E-state index in [9.17, 15) is 0 Å². The van der Waals surface area contributed by atoms with Crippen LogP contribution >= 0.6 is 0 Å². The average Bonchev–Trinajstić information content (AvgIpc) is 2.98. The Morgan fingerprint density at radius 3 is 2.74 bits per heavy atom. The summed E-state index contributed by atoms with van der Waals surface area (Å²) in [5.74, 6) is 1.74. The summed E-state index contributed by atoms with van der Waals surface area (Å²) in [5, 5.41) is 6.92. The van der Waals surface area contributed by atoms with Crippen molar-refractivity contribution in [2.75, 3.05) is 13.6 Å². The molecule has 2 heterocycles. The number of nitrogens with one attached hydrogen (secondary N) is 2. The molecule has 2 saturated heterocycles. The lowest BCUT2D eigenvalue weighted by atomic mass is 9.96. The molecule has 4 heteroatoms. The number of aliphatic imine (C=N–C) groups is 1. The topological polar surface area (TPSA) is 45.7 Å². The maximum absolute atomic E-state index is 5.85. The van der Waals surface area contributed by atoms with Crippen LogP contribution in [-0.4, -0.2) is 37.8 Å². The molecule has 3 atom stereocenters. The zero-order valence-electron chi connectivity index (χ0n) is 12.6. The Morgan fingerprint density at radius 2 is 2.16 bits per heavy atom. The second-order valence-corrected chi connectivity index (χ2v) is 6.25. The first-order valence-corrected chi connectivity index (χ1v) is 7.81. The van der Waals surface area contributed by atoms with E-state index in [1.165, 1.54) is 32.1 Å². The number of hydrogen-bond donors (Lipinski definition) is 2. The highest BCUT2D eigenvalue weighted by molar-refractivity contribution is 5.80. The van der Waals surface area contributed by atoms with Crippen molar-refractivity contribution in [3.05, 3.63) is 0 Å². The van der Waals surface area contributed by atoms with E-state index < -0.39 is 0 Å². The quantitative estimate of drug-likeness (QED) is 0.441. The van der Waals surface area contributed by atoms with E-state index >= 15 is 0 Å². The highest BCUT2D eigenvalue weighted by atomic mass is 16.5. The molecule has 4 nitrogen and oxygen atoms in total. The van der Waals surface area contributed by atoms with E-state index in [4.69, 9.17) is 4.74 Å². The molecule has 2 aliphatic rings. The van der Waals surface area contributed by atoms with E-state index in [2.05, 4.69) is 29.5 Å². The van der Waals surface area contributed by atoms with Crippen LogP contribution in [0.4, 0.5) is 0 Å². The lowest BCUT2D eigenvalue weighted by molar-refractivity contribution is 0.0992. The first-order valence-electron chi connectivity index (χ1n) is 7.81. The van der Waals surface area contributed by atoms with Gasteiger partial charge in [0.05, 0.1) is 18.2 Å². The Kier molecular flexibility index (Phi) is 5.49. The predicted molar refractivity (Wildman–Crippen MR) is 79.5 cm³/mol. The van der Waals surface area contributed by atoms with Crippen molar-refractivity contribution in [2.45, 2.75) is 70.6 Å². The molecular formula is C15H29N3O. The van der Waals surface area contributed by atoms with Crippen LogP contribution < -0.4 is 10.6 Å². The first-order chi connectivity index (χ1) is 9.19. The molecule has 2 aliphatic heterocycles. The van der Waals surface area contributed by atoms with Crippen LogP contribution in [0.3, 0.4) is 0 Å². The van der Waals surface area contributed by atoms with E-state index in [0.29, 0.717) is 18.2 Å². The fraction of sp³-hybridized carbons (Fsp3) is 0.933. The molecule has 2 bridgehead atoms. The minimum absolute atomic E-state index is 0.407. The van der Waals surface area contributed by atoms with Crippen LogP contribution in [0.1, 0.15) is 52.4 Å². The van der Waals surface area contributed by atoms with Gasteiger partial charge in [-0.15, -0.1) is 0 Å². The van der Waals surface area contributed by atoms with Gasteiger partial charge >= 0.3 is 0 Å². The molecule has 0 amide bonds. The van der Waals surface area contributed by atoms with Crippen LogP contribution in [0, 0.1) is 5.92 Å². The van der Waals surface area contributed by atoms with Crippen molar-refractivity contribution in [2.24, 2.45) is 10.9 Å². The lowest BCUT2D eigenvalue weighted by Crippen LogP contribution is -2.47. The minimum Gasteiger partial charge on any atom is -0.373 e. The molecule has 2 rings (SSSR count). The fourth-order valence-electron chi connectivity index (χ4n) is 3.04. The predicted octanol–water partition coefficient (Wildman–Crippen LogP) is 2.30. The van der Waals surface area contributed by atoms with Crippen molar-refractivity contribution < 1.29 is 4.74 Å². The molecule has 0 saturated carbocycles. The summed E-state index contributed by atoms with van der Waals surface area (Å²) in [6.07, 6.45) is 8.30. The van der Waals surface area contributed by atoms with E-state index in [1.807, 2.05) is 7.05 Å². The Balaban J connectivity index is 1.61. The second kappa shape index (κ2) is 7.13. The zero-order chi connectivity index (χ0) is 13.7. The van der Waals surface area contributed by atoms with Gasteiger partial charge in [-0.3, -0.25) is 4.99 Å². The van der Waals surface area contributed by atoms with Gasteiger partial charge in [-0.2, -0.15) is 0 Å². The largest absolute Gasteiger partial charge is 0.373 e. The third-order valence-electron chi connectivity index (χ3n) is 4.15. The third-order valence-corrected chi connectivity index (χ3v) is 4.15. The van der Waals surface area contributed by atoms with Crippen LogP contribution in [0.15, 0.2) is 4.99 Å². The molecule has 2 fully saturated rings. The first kappa shape index (κ1) is 14.6. The van der Waals surface area contributed by atoms with E-state index in [0.717, 1.165) is 24.8 Å². The maximum atomic E-state index is 5.85. The zero-order valence-corrected chi connectivity index (χ0v) is 12.6. The van der Waals surface area contributed by atoms with Gasteiger partial charge in [0.1, 0.15) is 0 Å². The SMILES string of the molecule is CN=C(NCCCCC(C)C)NC1CC2CCC1O2. The van der Waals surface area contributed by atoms with Crippen molar-refractivity contribution in [1.82, 2.24) is 10.6 Å². The lowest BCUT2D eigenvalue weighted by Gasteiger charge is -2.22. The monoisotopic (exact) mass is 267 g/mol. The molecule has 19 heavy (non-hydrogen) atoms. The molecule has 2 N–H and O–H groups in total. The van der Waals surface area contributed by atoms with Crippen molar-refractivity contribution in [3.8, 4) is 0 Å². The van der Waals surface area contributed by atoms with Gasteiger partial charge in [0.2, 0.25) is 0 Å². The fourth-order valence-corrected chi connectivity index (χ4v) is 3.04. The number of nitrogens with zero attached hydrogens (tertiary/aromatic N) is 1. The molecule has 0 spiro atoms. The number of fused-ring (bicyclic) bond motifs is 2. The molecule has 0 aromatic rings. The third kappa shape index (κ3) is 4.37. The number of unbranched alkanes of at least 4 members (excludes halogenated alkanes) is 1. The second-order valence-electron chi connectivity index (χ2n) is 6.25. The smallest absolute Gasteiger partial charge is 0.191 e. The summed E-state index contributed by atoms with van der Waals surface area (Å²) in [6.45, 7) is 5.57. The standard InChI is InChI=1S/C15H29N3O/c1-11(2)6-4-5-9-17-15(16-3)18-13-10-12-7-8-14(13)19-12/h11-14H,4-10H2,1-3H3,(H2,16,17,18). The number of ether oxygens (including phenoxy) is 1. The van der Waals surface area contributed by atoms with Gasteiger partial charge in [0, 0.05) is 13.6 Å². The average molecular weight is 267 g/mol. The summed E-state index contributed by atoms with van der Waals surface area (Å²) in [4.78, 5) is 4.31. The number of rotatable bonds is 6. The van der Waals surface area contributed by atoms with Crippen molar-refractivity contribution in [3.63, 3.8) is 0 Å². The summed E-state index contributed by atoms with van der Waals surface area (Å²) in [6, 6.07) is 0.459. The highest BCUT2D eigenvalue weighted by Crippen LogP contribution is 2.34. The van der Waals surface area contributed by atoms with Gasteiger partial charge in [-0.25, -0.2) is 0 Å². The van der Waals surface area contributed by atoms with Gasteiger partial charge in [-0.1, -0.05) is 26.7 Å². The van der Waals surface area contributed by atoms with E-state index in [1.54, 1.807) is 0 Å². The van der Waals surface area contributed by atoms with Gasteiger partial charge in [0.25, 0.3) is 0 Å². The Bertz CT molecular complexity index is 304. The molecule has 0 aromatic heterocycles. The van der Waals surface area contributed by atoms with Crippen molar-refractivity contribution >= 4 is 5.96 Å². The molecule has 0 aliphatic carbocycles. The van der Waals surface area contributed by atoms with Gasteiger partial charge in [0.15, 0.2) is 5.96 Å². The van der Waals surface area contributed by atoms with Gasteiger partial charge in [-0.05, 0) is 31.6 Å². The summed E-state index contributed by atoms with van der Waals surface area (Å²) >= 11 is 0. The van der Waals surface area contributed by atoms with Crippen LogP contribution in [-0.2, 0) is 4.74 Å². The van der Waals surface area contributed by atoms with E-state index in [-0.39, 0.29) is 0 Å². The Hall–Kier alpha value is -0.770. The summed E-state index contributed by atoms with van der Waals surface area (Å²) in [7, 11) is 1.84. The molecule has 110 valence electrons. The molecule has 0 aromatic carbocycles. The minimum atomic E-state index is 0.407. The number of hydrogen-bond acceptors (Lipinski definition) is 2. The van der Waals surface area contributed by atoms with Crippen molar-refractivity contribution in [1.29, 1.82) is 0 Å². The molecular weight excluding hydrogens is 238 g/mol. The Labute approximate surface area is 117 Å². The molecule has 3 unspecified atom stereocenters.